The third-order valence-corrected chi connectivity index (χ3v) is 4.23. The summed E-state index contributed by atoms with van der Waals surface area (Å²) < 4.78 is 24.2. The van der Waals surface area contributed by atoms with Crippen LogP contribution in [0.3, 0.4) is 0 Å². The molecule has 0 fully saturated rings. The van der Waals surface area contributed by atoms with Crippen LogP contribution in [0, 0.1) is 5.82 Å². The third kappa shape index (κ3) is 6.41. The minimum atomic E-state index is -0.478. The zero-order chi connectivity index (χ0) is 20.5. The van der Waals surface area contributed by atoms with Crippen molar-refractivity contribution in [2.24, 2.45) is 0 Å². The lowest BCUT2D eigenvalue weighted by molar-refractivity contribution is -0.119. The van der Waals surface area contributed by atoms with Crippen molar-refractivity contribution in [2.45, 2.75) is 12.6 Å². The fraction of sp³-hybridized carbons (Fsp3) is 0.174. The highest BCUT2D eigenvalue weighted by Crippen LogP contribution is 2.23. The number of carbonyl (C=O) groups excluding carboxylic acids is 1. The van der Waals surface area contributed by atoms with E-state index in [0.717, 1.165) is 5.56 Å². The van der Waals surface area contributed by atoms with Crippen LogP contribution in [0.1, 0.15) is 5.56 Å². The third-order valence-electron chi connectivity index (χ3n) is 4.23. The molecular weight excluding hydrogens is 371 g/mol. The first-order valence-electron chi connectivity index (χ1n) is 9.27. The maximum atomic E-state index is 12.9. The van der Waals surface area contributed by atoms with Crippen molar-refractivity contribution in [2.75, 3.05) is 19.0 Å². The highest BCUT2D eigenvalue weighted by atomic mass is 19.1. The lowest BCUT2D eigenvalue weighted by atomic mass is 10.2. The van der Waals surface area contributed by atoms with E-state index in [1.807, 2.05) is 30.3 Å². The standard InChI is InChI=1S/C23H23FN2O3/c1-25-22(16-28-15-17-5-3-2-4-6-17)23(27)26-19-9-13-21(14-10-19)29-20-11-7-18(24)8-12-20/h2-14,22,25H,15-16H2,1H3,(H,26,27). The van der Waals surface area contributed by atoms with Crippen LogP contribution in [-0.2, 0) is 16.1 Å². The van der Waals surface area contributed by atoms with Crippen molar-refractivity contribution >= 4 is 11.6 Å². The Morgan fingerprint density at radius 3 is 2.17 bits per heavy atom. The quantitative estimate of drug-likeness (QED) is 0.566. The second-order valence-electron chi connectivity index (χ2n) is 6.41. The molecule has 0 aliphatic heterocycles. The largest absolute Gasteiger partial charge is 0.457 e. The number of rotatable bonds is 9. The van der Waals surface area contributed by atoms with Crippen LogP contribution in [-0.4, -0.2) is 25.6 Å². The minimum Gasteiger partial charge on any atom is -0.457 e. The average Bonchev–Trinajstić information content (AvgIpc) is 2.75. The van der Waals surface area contributed by atoms with Gasteiger partial charge in [-0.1, -0.05) is 30.3 Å². The van der Waals surface area contributed by atoms with Crippen molar-refractivity contribution in [3.8, 4) is 11.5 Å². The molecule has 0 spiro atoms. The second kappa shape index (κ2) is 10.4. The number of ether oxygens (including phenoxy) is 2. The van der Waals surface area contributed by atoms with Gasteiger partial charge in [-0.25, -0.2) is 4.39 Å². The van der Waals surface area contributed by atoms with Gasteiger partial charge in [-0.3, -0.25) is 4.79 Å². The maximum Gasteiger partial charge on any atom is 0.243 e. The van der Waals surface area contributed by atoms with Gasteiger partial charge in [0.25, 0.3) is 0 Å². The number of benzene rings is 3. The molecular formula is C23H23FN2O3. The molecule has 3 aromatic rings. The average molecular weight is 394 g/mol. The molecule has 1 atom stereocenters. The van der Waals surface area contributed by atoms with Crippen LogP contribution in [0.2, 0.25) is 0 Å². The van der Waals surface area contributed by atoms with Gasteiger partial charge in [0.15, 0.2) is 0 Å². The Morgan fingerprint density at radius 1 is 0.931 bits per heavy atom. The second-order valence-corrected chi connectivity index (χ2v) is 6.41. The first-order chi connectivity index (χ1) is 14.1. The smallest absolute Gasteiger partial charge is 0.243 e. The molecule has 1 unspecified atom stereocenters. The van der Waals surface area contributed by atoms with Crippen molar-refractivity contribution < 1.29 is 18.7 Å². The van der Waals surface area contributed by atoms with Crippen LogP contribution in [0.15, 0.2) is 78.9 Å². The van der Waals surface area contributed by atoms with E-state index in [1.165, 1.54) is 12.1 Å². The zero-order valence-electron chi connectivity index (χ0n) is 16.1. The normalized spacial score (nSPS) is 11.7. The van der Waals surface area contributed by atoms with Crippen LogP contribution >= 0.6 is 0 Å². The molecule has 0 heterocycles. The number of hydrogen-bond donors (Lipinski definition) is 2. The summed E-state index contributed by atoms with van der Waals surface area (Å²) in [5.74, 6) is 0.620. The van der Waals surface area contributed by atoms with Crippen molar-refractivity contribution in [1.29, 1.82) is 0 Å². The predicted molar refractivity (Wildman–Crippen MR) is 110 cm³/mol. The Kier molecular flexibility index (Phi) is 7.33. The van der Waals surface area contributed by atoms with E-state index >= 15 is 0 Å². The number of likely N-dealkylation sites (N-methyl/N-ethyl adjacent to an activating group) is 1. The zero-order valence-corrected chi connectivity index (χ0v) is 16.1. The van der Waals surface area contributed by atoms with E-state index < -0.39 is 6.04 Å². The minimum absolute atomic E-state index is 0.187. The van der Waals surface area contributed by atoms with Crippen molar-refractivity contribution in [3.05, 3.63) is 90.2 Å². The highest BCUT2D eigenvalue weighted by molar-refractivity contribution is 5.94. The predicted octanol–water partition coefficient (Wildman–Crippen LogP) is 4.36. The van der Waals surface area contributed by atoms with Gasteiger partial charge in [0.1, 0.15) is 23.4 Å². The van der Waals surface area contributed by atoms with Gasteiger partial charge in [0.2, 0.25) is 5.91 Å². The highest BCUT2D eigenvalue weighted by Gasteiger charge is 2.16. The Labute approximate surface area is 169 Å². The Hall–Kier alpha value is -3.22. The summed E-state index contributed by atoms with van der Waals surface area (Å²) in [4.78, 5) is 12.5. The summed E-state index contributed by atoms with van der Waals surface area (Å²) in [5, 5.41) is 5.82. The molecule has 3 rings (SSSR count). The fourth-order valence-electron chi connectivity index (χ4n) is 2.63. The topological polar surface area (TPSA) is 59.6 Å². The van der Waals surface area contributed by atoms with Gasteiger partial charge >= 0.3 is 0 Å². The molecule has 0 aromatic heterocycles. The van der Waals surface area contributed by atoms with Crippen LogP contribution in [0.4, 0.5) is 10.1 Å². The van der Waals surface area contributed by atoms with Gasteiger partial charge in [-0.2, -0.15) is 0 Å². The van der Waals surface area contributed by atoms with Gasteiger partial charge in [0.05, 0.1) is 13.2 Å². The van der Waals surface area contributed by atoms with Gasteiger partial charge in [-0.15, -0.1) is 0 Å². The Bertz CT molecular complexity index is 900. The number of hydrogen-bond acceptors (Lipinski definition) is 4. The molecule has 0 saturated carbocycles. The SMILES string of the molecule is CNC(COCc1ccccc1)C(=O)Nc1ccc(Oc2ccc(F)cc2)cc1. The van der Waals surface area contributed by atoms with Gasteiger partial charge in [-0.05, 0) is 61.1 Å². The number of halogens is 1. The molecule has 0 aliphatic carbocycles. The monoisotopic (exact) mass is 394 g/mol. The van der Waals surface area contributed by atoms with E-state index in [-0.39, 0.29) is 18.3 Å². The number of carbonyl (C=O) groups is 1. The van der Waals surface area contributed by atoms with E-state index in [9.17, 15) is 9.18 Å². The summed E-state index contributed by atoms with van der Waals surface area (Å²) in [6.45, 7) is 0.699. The van der Waals surface area contributed by atoms with Crippen molar-refractivity contribution in [3.63, 3.8) is 0 Å². The summed E-state index contributed by atoms with van der Waals surface area (Å²) >= 11 is 0. The molecule has 150 valence electrons. The van der Waals surface area contributed by atoms with E-state index in [4.69, 9.17) is 9.47 Å². The lowest BCUT2D eigenvalue weighted by Gasteiger charge is -2.16. The summed E-state index contributed by atoms with van der Waals surface area (Å²) in [5.41, 5.74) is 1.70. The van der Waals surface area contributed by atoms with Crippen LogP contribution in [0.25, 0.3) is 0 Å². The molecule has 29 heavy (non-hydrogen) atoms. The molecule has 0 radical (unpaired) electrons. The van der Waals surface area contributed by atoms with Crippen LogP contribution in [0.5, 0.6) is 11.5 Å². The van der Waals surface area contributed by atoms with Gasteiger partial charge < -0.3 is 20.1 Å². The molecule has 0 saturated heterocycles. The summed E-state index contributed by atoms with van der Waals surface area (Å²) in [7, 11) is 1.72. The molecule has 0 aliphatic rings. The number of anilines is 1. The summed E-state index contributed by atoms with van der Waals surface area (Å²) in [6, 6.07) is 22.1. The Balaban J connectivity index is 1.49. The molecule has 1 amide bonds. The fourth-order valence-corrected chi connectivity index (χ4v) is 2.63. The maximum absolute atomic E-state index is 12.9. The number of amides is 1. The number of nitrogens with one attached hydrogen (secondary N) is 2. The molecule has 3 aromatic carbocycles. The van der Waals surface area contributed by atoms with Crippen LogP contribution < -0.4 is 15.4 Å². The molecule has 2 N–H and O–H groups in total. The van der Waals surface area contributed by atoms with E-state index in [1.54, 1.807) is 43.4 Å². The van der Waals surface area contributed by atoms with Gasteiger partial charge in [0, 0.05) is 5.69 Å². The lowest BCUT2D eigenvalue weighted by Crippen LogP contribution is -2.42. The van der Waals surface area contributed by atoms with Crippen molar-refractivity contribution in [1.82, 2.24) is 5.32 Å². The molecule has 5 nitrogen and oxygen atoms in total. The summed E-state index contributed by atoms with van der Waals surface area (Å²) in [6.07, 6.45) is 0. The van der Waals surface area contributed by atoms with E-state index in [0.29, 0.717) is 23.8 Å². The first-order valence-corrected chi connectivity index (χ1v) is 9.27. The Morgan fingerprint density at radius 2 is 1.55 bits per heavy atom. The first kappa shape index (κ1) is 20.5. The molecule has 0 bridgehead atoms. The molecule has 6 heteroatoms. The van der Waals surface area contributed by atoms with E-state index in [2.05, 4.69) is 10.6 Å².